The number of nitrogens with zero attached hydrogens (tertiary/aromatic N) is 3. The molecule has 0 N–H and O–H groups in total. The summed E-state index contributed by atoms with van der Waals surface area (Å²) in [5, 5.41) is 8.85. The summed E-state index contributed by atoms with van der Waals surface area (Å²) in [6, 6.07) is 15.3. The molecule has 0 amide bonds. The molecule has 0 saturated heterocycles. The first-order valence-electron chi connectivity index (χ1n) is 6.51. The summed E-state index contributed by atoms with van der Waals surface area (Å²) in [7, 11) is 4.00. The van der Waals surface area contributed by atoms with Crippen molar-refractivity contribution in [3.05, 3.63) is 53.6 Å². The average molecular weight is 300 g/mol. The van der Waals surface area contributed by atoms with E-state index in [1.165, 1.54) is 0 Å². The van der Waals surface area contributed by atoms with Crippen LogP contribution >= 0.6 is 11.6 Å². The third kappa shape index (κ3) is 2.90. The Morgan fingerprint density at radius 3 is 1.76 bits per heavy atom. The molecule has 0 saturated carbocycles. The van der Waals surface area contributed by atoms with Crippen molar-refractivity contribution in [2.75, 3.05) is 19.0 Å². The monoisotopic (exact) mass is 299 g/mol. The molecule has 2 aromatic carbocycles. The molecule has 0 aliphatic carbocycles. The zero-order valence-electron chi connectivity index (χ0n) is 11.7. The van der Waals surface area contributed by atoms with Gasteiger partial charge in [-0.25, -0.2) is 0 Å². The first-order valence-corrected chi connectivity index (χ1v) is 6.88. The number of hydrogen-bond acceptors (Lipinski definition) is 4. The summed E-state index contributed by atoms with van der Waals surface area (Å²) in [5.41, 5.74) is 2.87. The summed E-state index contributed by atoms with van der Waals surface area (Å²) >= 11 is 5.87. The van der Waals surface area contributed by atoms with E-state index in [-0.39, 0.29) is 0 Å². The van der Waals surface area contributed by atoms with Gasteiger partial charge in [-0.3, -0.25) is 0 Å². The van der Waals surface area contributed by atoms with E-state index in [2.05, 4.69) is 10.2 Å². The van der Waals surface area contributed by atoms with Crippen molar-refractivity contribution in [2.45, 2.75) is 0 Å². The van der Waals surface area contributed by atoms with Crippen LogP contribution in [0.15, 0.2) is 52.9 Å². The average Bonchev–Trinajstić information content (AvgIpc) is 2.98. The molecule has 3 aromatic rings. The maximum absolute atomic E-state index is 5.87. The molecule has 0 atom stereocenters. The Bertz CT molecular complexity index is 733. The Balaban J connectivity index is 1.89. The molecule has 0 aliphatic rings. The van der Waals surface area contributed by atoms with Crippen molar-refractivity contribution < 1.29 is 4.42 Å². The standard InChI is InChI=1S/C16H14ClN3O/c1-20(2)14-9-5-12(6-10-14)16-19-18-15(21-16)11-3-7-13(17)8-4-11/h3-10H,1-2H3. The summed E-state index contributed by atoms with van der Waals surface area (Å²) in [6.45, 7) is 0. The number of halogens is 1. The molecule has 4 nitrogen and oxygen atoms in total. The van der Waals surface area contributed by atoms with Gasteiger partial charge in [0.2, 0.25) is 11.8 Å². The van der Waals surface area contributed by atoms with E-state index >= 15 is 0 Å². The molecular weight excluding hydrogens is 286 g/mol. The molecule has 0 unspecified atom stereocenters. The Hall–Kier alpha value is -2.33. The van der Waals surface area contributed by atoms with Gasteiger partial charge < -0.3 is 9.32 Å². The van der Waals surface area contributed by atoms with Gasteiger partial charge in [0.1, 0.15) is 0 Å². The van der Waals surface area contributed by atoms with Crippen molar-refractivity contribution in [2.24, 2.45) is 0 Å². The summed E-state index contributed by atoms with van der Waals surface area (Å²) < 4.78 is 5.72. The van der Waals surface area contributed by atoms with Gasteiger partial charge in [-0.05, 0) is 48.5 Å². The van der Waals surface area contributed by atoms with Crippen molar-refractivity contribution in [1.82, 2.24) is 10.2 Å². The van der Waals surface area contributed by atoms with Gasteiger partial charge in [-0.2, -0.15) is 0 Å². The molecule has 0 spiro atoms. The van der Waals surface area contributed by atoms with Crippen molar-refractivity contribution in [1.29, 1.82) is 0 Å². The zero-order valence-corrected chi connectivity index (χ0v) is 12.5. The largest absolute Gasteiger partial charge is 0.416 e. The molecule has 0 radical (unpaired) electrons. The van der Waals surface area contributed by atoms with Gasteiger partial charge in [0.25, 0.3) is 0 Å². The SMILES string of the molecule is CN(C)c1ccc(-c2nnc(-c3ccc(Cl)cc3)o2)cc1. The number of anilines is 1. The van der Waals surface area contributed by atoms with E-state index in [9.17, 15) is 0 Å². The van der Waals surface area contributed by atoms with Crippen molar-refractivity contribution in [3.63, 3.8) is 0 Å². The van der Waals surface area contributed by atoms with Crippen LogP contribution in [0.4, 0.5) is 5.69 Å². The first-order chi connectivity index (χ1) is 10.1. The van der Waals surface area contributed by atoms with Gasteiger partial charge in [0.05, 0.1) is 0 Å². The van der Waals surface area contributed by atoms with Gasteiger partial charge in [0, 0.05) is 35.9 Å². The predicted octanol–water partition coefficient (Wildman–Crippen LogP) is 4.12. The second-order valence-corrected chi connectivity index (χ2v) is 5.30. The van der Waals surface area contributed by atoms with E-state index in [1.807, 2.05) is 55.4 Å². The maximum Gasteiger partial charge on any atom is 0.248 e. The lowest BCUT2D eigenvalue weighted by molar-refractivity contribution is 0.584. The Morgan fingerprint density at radius 2 is 1.29 bits per heavy atom. The Kier molecular flexibility index (Phi) is 3.62. The first kappa shape index (κ1) is 13.6. The van der Waals surface area contributed by atoms with Crippen LogP contribution in [0, 0.1) is 0 Å². The number of benzene rings is 2. The molecular formula is C16H14ClN3O. The second kappa shape index (κ2) is 5.58. The highest BCUT2D eigenvalue weighted by atomic mass is 35.5. The fourth-order valence-corrected chi connectivity index (χ4v) is 2.08. The minimum atomic E-state index is 0.485. The summed E-state index contributed by atoms with van der Waals surface area (Å²) in [5.74, 6) is 0.989. The highest BCUT2D eigenvalue weighted by molar-refractivity contribution is 6.30. The van der Waals surface area contributed by atoms with Gasteiger partial charge in [-0.15, -0.1) is 10.2 Å². The molecule has 1 aromatic heterocycles. The summed E-state index contributed by atoms with van der Waals surface area (Å²) in [6.07, 6.45) is 0. The molecule has 0 bridgehead atoms. The number of hydrogen-bond donors (Lipinski definition) is 0. The highest BCUT2D eigenvalue weighted by Gasteiger charge is 2.10. The van der Waals surface area contributed by atoms with Crippen LogP contribution in [-0.2, 0) is 0 Å². The lowest BCUT2D eigenvalue weighted by Crippen LogP contribution is -2.07. The maximum atomic E-state index is 5.87. The van der Waals surface area contributed by atoms with Crippen LogP contribution in [0.1, 0.15) is 0 Å². The minimum absolute atomic E-state index is 0.485. The normalized spacial score (nSPS) is 10.6. The molecule has 5 heteroatoms. The van der Waals surface area contributed by atoms with E-state index in [4.69, 9.17) is 16.0 Å². The minimum Gasteiger partial charge on any atom is -0.416 e. The van der Waals surface area contributed by atoms with E-state index < -0.39 is 0 Å². The lowest BCUT2D eigenvalue weighted by atomic mass is 10.2. The predicted molar refractivity (Wildman–Crippen MR) is 84.5 cm³/mol. The fraction of sp³-hybridized carbons (Fsp3) is 0.125. The fourth-order valence-electron chi connectivity index (χ4n) is 1.95. The van der Waals surface area contributed by atoms with Crippen molar-refractivity contribution in [3.8, 4) is 22.9 Å². The van der Waals surface area contributed by atoms with Gasteiger partial charge in [0.15, 0.2) is 0 Å². The van der Waals surface area contributed by atoms with Gasteiger partial charge >= 0.3 is 0 Å². The van der Waals surface area contributed by atoms with Crippen LogP contribution < -0.4 is 4.90 Å². The topological polar surface area (TPSA) is 42.2 Å². The van der Waals surface area contributed by atoms with Gasteiger partial charge in [-0.1, -0.05) is 11.6 Å². The third-order valence-corrected chi connectivity index (χ3v) is 3.40. The van der Waals surface area contributed by atoms with Crippen molar-refractivity contribution >= 4 is 17.3 Å². The molecule has 1 heterocycles. The van der Waals surface area contributed by atoms with Crippen LogP contribution in [0.5, 0.6) is 0 Å². The van der Waals surface area contributed by atoms with Crippen LogP contribution in [0.3, 0.4) is 0 Å². The number of aromatic nitrogens is 2. The molecule has 106 valence electrons. The Labute approximate surface area is 128 Å². The summed E-state index contributed by atoms with van der Waals surface area (Å²) in [4.78, 5) is 2.04. The van der Waals surface area contributed by atoms with Crippen LogP contribution in [-0.4, -0.2) is 24.3 Å². The van der Waals surface area contributed by atoms with E-state index in [0.717, 1.165) is 16.8 Å². The molecule has 3 rings (SSSR count). The zero-order chi connectivity index (χ0) is 14.8. The number of rotatable bonds is 3. The smallest absolute Gasteiger partial charge is 0.248 e. The third-order valence-electron chi connectivity index (χ3n) is 3.15. The molecule has 21 heavy (non-hydrogen) atoms. The van der Waals surface area contributed by atoms with E-state index in [0.29, 0.717) is 16.8 Å². The molecule has 0 aliphatic heterocycles. The van der Waals surface area contributed by atoms with Crippen LogP contribution in [0.2, 0.25) is 5.02 Å². The Morgan fingerprint density at radius 1 is 0.810 bits per heavy atom. The quantitative estimate of drug-likeness (QED) is 0.729. The van der Waals surface area contributed by atoms with E-state index in [1.54, 1.807) is 12.1 Å². The molecule has 0 fully saturated rings. The lowest BCUT2D eigenvalue weighted by Gasteiger charge is -2.11. The second-order valence-electron chi connectivity index (χ2n) is 4.86. The van der Waals surface area contributed by atoms with Crippen LogP contribution in [0.25, 0.3) is 22.9 Å². The highest BCUT2D eigenvalue weighted by Crippen LogP contribution is 2.26.